The van der Waals surface area contributed by atoms with Crippen LogP contribution in [0.3, 0.4) is 0 Å². The Morgan fingerprint density at radius 1 is 0.447 bits per heavy atom. The molecule has 230 valence electrons. The van der Waals surface area contributed by atoms with E-state index in [0.717, 1.165) is 50.9 Å². The second kappa shape index (κ2) is 11.1. The topological polar surface area (TPSA) is 64.7 Å². The number of oxazole rings is 1. The number of benzene rings is 5. The number of nitrogens with zero attached hydrogens (tertiary/aromatic N) is 4. The summed E-state index contributed by atoms with van der Waals surface area (Å²) >= 11 is 0. The third-order valence-electron chi connectivity index (χ3n) is 9.64. The van der Waals surface area contributed by atoms with Gasteiger partial charge in [-0.2, -0.15) is 0 Å². The highest BCUT2D eigenvalue weighted by atomic mass is 16.3. The third-order valence-corrected chi connectivity index (χ3v) is 9.64. The van der Waals surface area contributed by atoms with Crippen molar-refractivity contribution < 1.29 is 4.42 Å². The fraction of sp³-hybridized carbons (Fsp3) is 0.190. The number of hydrogen-bond donors (Lipinski definition) is 0. The Morgan fingerprint density at radius 2 is 0.979 bits per heavy atom. The first-order chi connectivity index (χ1) is 22.7. The van der Waals surface area contributed by atoms with Gasteiger partial charge in [0.25, 0.3) is 0 Å². The summed E-state index contributed by atoms with van der Waals surface area (Å²) in [6.45, 7) is 9.40. The molecule has 5 nitrogen and oxygen atoms in total. The van der Waals surface area contributed by atoms with Crippen LogP contribution in [-0.2, 0) is 10.8 Å². The highest BCUT2D eigenvalue weighted by Crippen LogP contribution is 2.46. The molecule has 0 radical (unpaired) electrons. The fourth-order valence-electron chi connectivity index (χ4n) is 6.75. The van der Waals surface area contributed by atoms with Gasteiger partial charge in [0.15, 0.2) is 23.1 Å². The van der Waals surface area contributed by atoms with E-state index in [9.17, 15) is 0 Å². The summed E-state index contributed by atoms with van der Waals surface area (Å²) in [5, 5.41) is 0. The number of fused-ring (bicyclic) bond motifs is 2. The summed E-state index contributed by atoms with van der Waals surface area (Å²) in [6.07, 6.45) is 2.31. The van der Waals surface area contributed by atoms with Crippen LogP contribution in [0.4, 0.5) is 0 Å². The minimum absolute atomic E-state index is 0.0669. The van der Waals surface area contributed by atoms with Gasteiger partial charge in [0, 0.05) is 22.3 Å². The van der Waals surface area contributed by atoms with Crippen LogP contribution in [0.5, 0.6) is 0 Å². The predicted molar refractivity (Wildman–Crippen MR) is 190 cm³/mol. The zero-order valence-corrected chi connectivity index (χ0v) is 27.2. The molecule has 0 aliphatic heterocycles. The number of aromatic nitrogens is 4. The summed E-state index contributed by atoms with van der Waals surface area (Å²) in [6, 6.07) is 41.5. The molecule has 47 heavy (non-hydrogen) atoms. The predicted octanol–water partition coefficient (Wildman–Crippen LogP) is 10.7. The molecule has 1 aliphatic rings. The van der Waals surface area contributed by atoms with Crippen LogP contribution in [-0.4, -0.2) is 19.9 Å². The average molecular weight is 613 g/mol. The van der Waals surface area contributed by atoms with Crippen LogP contribution in [0, 0.1) is 0 Å². The van der Waals surface area contributed by atoms with E-state index >= 15 is 0 Å². The number of para-hydroxylation sites is 2. The van der Waals surface area contributed by atoms with Gasteiger partial charge >= 0.3 is 0 Å². The second-order valence-electron chi connectivity index (χ2n) is 13.8. The second-order valence-corrected chi connectivity index (χ2v) is 13.8. The van der Waals surface area contributed by atoms with E-state index in [1.807, 2.05) is 54.6 Å². The molecule has 2 aromatic heterocycles. The molecule has 5 heteroatoms. The SMILES string of the molecule is CC1(C)CCC(C)(C)c2cc(-c3nc(-c4cccc(-c5ccccc5)c4)nc(-c4cccc(-c5nc6ccccc6o5)c4)n3)ccc21. The first kappa shape index (κ1) is 29.0. The van der Waals surface area contributed by atoms with Gasteiger partial charge in [0.05, 0.1) is 0 Å². The molecule has 0 atom stereocenters. The van der Waals surface area contributed by atoms with Crippen LogP contribution < -0.4 is 0 Å². The molecule has 0 N–H and O–H groups in total. The van der Waals surface area contributed by atoms with E-state index in [0.29, 0.717) is 23.4 Å². The van der Waals surface area contributed by atoms with Crippen molar-refractivity contribution in [2.24, 2.45) is 0 Å². The Kier molecular flexibility index (Phi) is 6.87. The van der Waals surface area contributed by atoms with Crippen molar-refractivity contribution in [2.45, 2.75) is 51.4 Å². The Bertz CT molecular complexity index is 2230. The van der Waals surface area contributed by atoms with Crippen molar-refractivity contribution >= 4 is 11.1 Å². The van der Waals surface area contributed by atoms with Crippen LogP contribution >= 0.6 is 0 Å². The monoisotopic (exact) mass is 612 g/mol. The minimum Gasteiger partial charge on any atom is -0.436 e. The van der Waals surface area contributed by atoms with Crippen LogP contribution in [0.2, 0.25) is 0 Å². The van der Waals surface area contributed by atoms with E-state index in [1.165, 1.54) is 17.5 Å². The van der Waals surface area contributed by atoms with Crippen molar-refractivity contribution in [3.63, 3.8) is 0 Å². The lowest BCUT2D eigenvalue weighted by Crippen LogP contribution is -2.33. The molecule has 0 bridgehead atoms. The van der Waals surface area contributed by atoms with Crippen molar-refractivity contribution in [3.05, 3.63) is 132 Å². The maximum absolute atomic E-state index is 6.11. The van der Waals surface area contributed by atoms with Gasteiger partial charge in [0.1, 0.15) is 5.52 Å². The molecule has 7 aromatic rings. The Balaban J connectivity index is 1.29. The van der Waals surface area contributed by atoms with Gasteiger partial charge < -0.3 is 4.42 Å². The molecule has 2 heterocycles. The van der Waals surface area contributed by atoms with Crippen molar-refractivity contribution in [3.8, 4) is 56.7 Å². The Hall–Kier alpha value is -5.42. The molecular formula is C42H36N4O. The minimum atomic E-state index is 0.0669. The molecule has 0 unspecified atom stereocenters. The van der Waals surface area contributed by atoms with Gasteiger partial charge in [-0.05, 0) is 82.3 Å². The quantitative estimate of drug-likeness (QED) is 0.193. The largest absolute Gasteiger partial charge is 0.436 e. The number of hydrogen-bond acceptors (Lipinski definition) is 5. The Labute approximate surface area is 275 Å². The normalized spacial score (nSPS) is 15.0. The number of rotatable bonds is 5. The van der Waals surface area contributed by atoms with Gasteiger partial charge in [-0.15, -0.1) is 0 Å². The summed E-state index contributed by atoms with van der Waals surface area (Å²) in [5.74, 6) is 2.46. The van der Waals surface area contributed by atoms with Gasteiger partial charge in [-0.25, -0.2) is 19.9 Å². The molecule has 0 spiro atoms. The summed E-state index contributed by atoms with van der Waals surface area (Å²) in [4.78, 5) is 20.1. The lowest BCUT2D eigenvalue weighted by atomic mass is 9.63. The average Bonchev–Trinajstić information content (AvgIpc) is 3.55. The zero-order valence-electron chi connectivity index (χ0n) is 27.2. The smallest absolute Gasteiger partial charge is 0.227 e. The first-order valence-corrected chi connectivity index (χ1v) is 16.3. The lowest BCUT2D eigenvalue weighted by molar-refractivity contribution is 0.332. The molecule has 0 saturated heterocycles. The van der Waals surface area contributed by atoms with Gasteiger partial charge in [-0.1, -0.05) is 113 Å². The van der Waals surface area contributed by atoms with Crippen molar-refractivity contribution in [1.82, 2.24) is 19.9 Å². The third kappa shape index (κ3) is 5.42. The molecule has 5 aromatic carbocycles. The zero-order chi connectivity index (χ0) is 32.2. The molecule has 8 rings (SSSR count). The molecule has 0 amide bonds. The molecule has 0 saturated carbocycles. The maximum atomic E-state index is 6.11. The Morgan fingerprint density at radius 3 is 1.66 bits per heavy atom. The maximum Gasteiger partial charge on any atom is 0.227 e. The van der Waals surface area contributed by atoms with E-state index in [4.69, 9.17) is 24.4 Å². The van der Waals surface area contributed by atoms with Crippen LogP contribution in [0.1, 0.15) is 51.7 Å². The van der Waals surface area contributed by atoms with Gasteiger partial charge in [0.2, 0.25) is 5.89 Å². The van der Waals surface area contributed by atoms with Crippen molar-refractivity contribution in [1.29, 1.82) is 0 Å². The highest BCUT2D eigenvalue weighted by molar-refractivity contribution is 5.78. The highest BCUT2D eigenvalue weighted by Gasteiger charge is 2.37. The van der Waals surface area contributed by atoms with Crippen LogP contribution in [0.25, 0.3) is 67.8 Å². The lowest BCUT2D eigenvalue weighted by Gasteiger charge is -2.42. The van der Waals surface area contributed by atoms with Crippen molar-refractivity contribution in [2.75, 3.05) is 0 Å². The first-order valence-electron chi connectivity index (χ1n) is 16.3. The van der Waals surface area contributed by atoms with E-state index in [2.05, 4.69) is 94.4 Å². The van der Waals surface area contributed by atoms with Crippen LogP contribution in [0.15, 0.2) is 126 Å². The summed E-state index contributed by atoms with van der Waals surface area (Å²) < 4.78 is 6.11. The van der Waals surface area contributed by atoms with E-state index < -0.39 is 0 Å². The van der Waals surface area contributed by atoms with E-state index in [-0.39, 0.29) is 10.8 Å². The summed E-state index contributed by atoms with van der Waals surface area (Å²) in [5.41, 5.74) is 10.5. The molecule has 0 fully saturated rings. The van der Waals surface area contributed by atoms with Gasteiger partial charge in [-0.3, -0.25) is 0 Å². The molecule has 1 aliphatic carbocycles. The fourth-order valence-corrected chi connectivity index (χ4v) is 6.75. The standard InChI is InChI=1S/C42H36N4O/c1-41(2)22-23-42(3,4)34-26-31(20-21-33(34)41)39-45-37(29-15-10-14-28(24-29)27-12-6-5-7-13-27)44-38(46-39)30-16-11-17-32(25-30)40-43-35-18-8-9-19-36(35)47-40/h5-21,24-26H,22-23H2,1-4H3. The van der Waals surface area contributed by atoms with E-state index in [1.54, 1.807) is 0 Å². The summed E-state index contributed by atoms with van der Waals surface area (Å²) in [7, 11) is 0. The molecular weight excluding hydrogens is 576 g/mol.